The molecule has 1 unspecified atom stereocenters. The van der Waals surface area contributed by atoms with Crippen LogP contribution < -0.4 is 10.6 Å². The minimum absolute atomic E-state index is 0.0604. The second-order valence-electron chi connectivity index (χ2n) is 8.30. The first-order chi connectivity index (χ1) is 15.5. The summed E-state index contributed by atoms with van der Waals surface area (Å²) >= 11 is 0.947. The van der Waals surface area contributed by atoms with Gasteiger partial charge in [-0.3, -0.25) is 9.59 Å². The Labute approximate surface area is 197 Å². The summed E-state index contributed by atoms with van der Waals surface area (Å²) in [7, 11) is 0. The van der Waals surface area contributed by atoms with Crippen LogP contribution in [0.5, 0.6) is 0 Å². The molecule has 0 saturated carbocycles. The lowest BCUT2D eigenvalue weighted by Crippen LogP contribution is -2.35. The number of aromatic carboxylic acids is 1. The zero-order valence-corrected chi connectivity index (χ0v) is 19.6. The minimum atomic E-state index is -1.09. The lowest BCUT2D eigenvalue weighted by Gasteiger charge is -2.19. The van der Waals surface area contributed by atoms with Crippen molar-refractivity contribution in [2.45, 2.75) is 32.8 Å². The number of anilines is 1. The maximum atomic E-state index is 13.0. The second kappa shape index (κ2) is 12.1. The molecule has 3 N–H and O–H groups in total. The highest BCUT2D eigenvalue weighted by molar-refractivity contribution is 8.13. The average Bonchev–Trinajstić information content (AvgIpc) is 2.74. The molecule has 0 heterocycles. The summed E-state index contributed by atoms with van der Waals surface area (Å²) in [6.07, 6.45) is -0.293. The summed E-state index contributed by atoms with van der Waals surface area (Å²) in [4.78, 5) is 48.1. The Morgan fingerprint density at radius 2 is 1.73 bits per heavy atom. The van der Waals surface area contributed by atoms with E-state index >= 15 is 0 Å². The minimum Gasteiger partial charge on any atom is -0.478 e. The van der Waals surface area contributed by atoms with Gasteiger partial charge in [-0.05, 0) is 51.0 Å². The van der Waals surface area contributed by atoms with Crippen molar-refractivity contribution in [2.24, 2.45) is 5.92 Å². The predicted molar refractivity (Wildman–Crippen MR) is 127 cm³/mol. The van der Waals surface area contributed by atoms with Gasteiger partial charge in [-0.1, -0.05) is 48.2 Å². The fourth-order valence-electron chi connectivity index (χ4n) is 2.80. The molecule has 0 bridgehead atoms. The normalized spacial score (nSPS) is 11.8. The number of carboxylic acids is 1. The lowest BCUT2D eigenvalue weighted by molar-refractivity contribution is -0.119. The number of carbonyl (C=O) groups excluding carboxylic acids is 3. The van der Waals surface area contributed by atoms with E-state index in [-0.39, 0.29) is 28.9 Å². The molecule has 1 atom stereocenters. The molecular formula is C24H28N2O6S. The summed E-state index contributed by atoms with van der Waals surface area (Å²) in [6, 6.07) is 15.3. The van der Waals surface area contributed by atoms with Gasteiger partial charge >= 0.3 is 12.1 Å². The van der Waals surface area contributed by atoms with Crippen molar-refractivity contribution in [2.75, 3.05) is 17.6 Å². The van der Waals surface area contributed by atoms with Crippen LogP contribution in [0.15, 0.2) is 54.6 Å². The molecule has 0 spiro atoms. The van der Waals surface area contributed by atoms with E-state index in [4.69, 9.17) is 9.84 Å². The molecular weight excluding hydrogens is 444 g/mol. The maximum Gasteiger partial charge on any atom is 0.408 e. The zero-order chi connectivity index (χ0) is 24.4. The molecule has 176 valence electrons. The number of carbonyl (C=O) groups is 4. The van der Waals surface area contributed by atoms with E-state index < -0.39 is 23.6 Å². The van der Waals surface area contributed by atoms with Crippen molar-refractivity contribution in [3.63, 3.8) is 0 Å². The van der Waals surface area contributed by atoms with Gasteiger partial charge in [0.05, 0.1) is 18.0 Å². The summed E-state index contributed by atoms with van der Waals surface area (Å²) in [5.41, 5.74) is 0.680. The molecule has 0 aliphatic heterocycles. The van der Waals surface area contributed by atoms with Gasteiger partial charge in [0.15, 0.2) is 0 Å². The molecule has 0 aliphatic rings. The van der Waals surface area contributed by atoms with Crippen LogP contribution in [0.2, 0.25) is 0 Å². The van der Waals surface area contributed by atoms with E-state index in [1.807, 2.05) is 30.3 Å². The van der Waals surface area contributed by atoms with Crippen LogP contribution in [0, 0.1) is 5.92 Å². The Hall–Kier alpha value is -3.33. The van der Waals surface area contributed by atoms with Crippen molar-refractivity contribution in [1.29, 1.82) is 0 Å². The van der Waals surface area contributed by atoms with Crippen LogP contribution in [-0.4, -0.2) is 46.1 Å². The summed E-state index contributed by atoms with van der Waals surface area (Å²) in [5, 5.41) is 14.0. The van der Waals surface area contributed by atoms with E-state index in [9.17, 15) is 19.2 Å². The molecule has 0 radical (unpaired) electrons. The van der Waals surface area contributed by atoms with E-state index in [2.05, 4.69) is 10.6 Å². The van der Waals surface area contributed by atoms with Crippen LogP contribution in [0.1, 0.15) is 36.7 Å². The smallest absolute Gasteiger partial charge is 0.408 e. The Kier molecular flexibility index (Phi) is 9.47. The largest absolute Gasteiger partial charge is 0.478 e. The fraction of sp³-hybridized carbons (Fsp3) is 0.333. The SMILES string of the molecule is CC(C)(C)OC(=O)NCC(=O)SCC(Cc1ccccc1)C(=O)Nc1cccc(C(=O)O)c1. The van der Waals surface area contributed by atoms with Gasteiger partial charge in [0.2, 0.25) is 11.0 Å². The van der Waals surface area contributed by atoms with Gasteiger partial charge in [0.1, 0.15) is 5.60 Å². The van der Waals surface area contributed by atoms with Crippen LogP contribution in [-0.2, 0) is 20.7 Å². The Morgan fingerprint density at radius 3 is 2.36 bits per heavy atom. The first-order valence-electron chi connectivity index (χ1n) is 10.3. The quantitative estimate of drug-likeness (QED) is 0.505. The Bertz CT molecular complexity index is 988. The number of hydrogen-bond acceptors (Lipinski definition) is 6. The third-order valence-corrected chi connectivity index (χ3v) is 5.33. The summed E-state index contributed by atoms with van der Waals surface area (Å²) < 4.78 is 5.11. The van der Waals surface area contributed by atoms with E-state index in [0.29, 0.717) is 12.1 Å². The molecule has 9 heteroatoms. The van der Waals surface area contributed by atoms with Crippen LogP contribution in [0.3, 0.4) is 0 Å². The van der Waals surface area contributed by atoms with Gasteiger partial charge in [0, 0.05) is 11.4 Å². The number of thioether (sulfide) groups is 1. The first-order valence-corrected chi connectivity index (χ1v) is 11.3. The standard InChI is InChI=1S/C24H28N2O6S/c1-24(2,3)32-23(31)25-14-20(27)33-15-18(12-16-8-5-4-6-9-16)21(28)26-19-11-7-10-17(13-19)22(29)30/h4-11,13,18H,12,14-15H2,1-3H3,(H,25,31)(H,26,28)(H,29,30). The average molecular weight is 473 g/mol. The number of rotatable bonds is 9. The topological polar surface area (TPSA) is 122 Å². The summed E-state index contributed by atoms with van der Waals surface area (Å²) in [6.45, 7) is 4.95. The van der Waals surface area contributed by atoms with Gasteiger partial charge < -0.3 is 20.5 Å². The molecule has 0 aromatic heterocycles. The van der Waals surface area contributed by atoms with Crippen LogP contribution in [0.25, 0.3) is 0 Å². The molecule has 33 heavy (non-hydrogen) atoms. The lowest BCUT2D eigenvalue weighted by atomic mass is 10.00. The van der Waals surface area contributed by atoms with Gasteiger partial charge in [0.25, 0.3) is 0 Å². The van der Waals surface area contributed by atoms with Crippen molar-refractivity contribution in [3.8, 4) is 0 Å². The number of amides is 2. The molecule has 2 aromatic carbocycles. The number of alkyl carbamates (subject to hydrolysis) is 1. The molecule has 0 aliphatic carbocycles. The number of ether oxygens (including phenoxy) is 1. The summed E-state index contributed by atoms with van der Waals surface area (Å²) in [5.74, 6) is -1.79. The van der Waals surface area contributed by atoms with Crippen molar-refractivity contribution in [3.05, 3.63) is 65.7 Å². The second-order valence-corrected chi connectivity index (χ2v) is 9.38. The molecule has 2 aromatic rings. The van der Waals surface area contributed by atoms with E-state index in [1.165, 1.54) is 12.1 Å². The van der Waals surface area contributed by atoms with E-state index in [1.54, 1.807) is 32.9 Å². The van der Waals surface area contributed by atoms with Crippen LogP contribution in [0.4, 0.5) is 10.5 Å². The number of hydrogen-bond donors (Lipinski definition) is 3. The van der Waals surface area contributed by atoms with E-state index in [0.717, 1.165) is 17.3 Å². The maximum absolute atomic E-state index is 13.0. The number of benzene rings is 2. The highest BCUT2D eigenvalue weighted by Gasteiger charge is 2.22. The molecule has 2 rings (SSSR count). The molecule has 0 fully saturated rings. The monoisotopic (exact) mass is 472 g/mol. The molecule has 2 amide bonds. The third-order valence-electron chi connectivity index (χ3n) is 4.29. The van der Waals surface area contributed by atoms with Crippen molar-refractivity contribution in [1.82, 2.24) is 5.32 Å². The van der Waals surface area contributed by atoms with Gasteiger partial charge in [-0.15, -0.1) is 0 Å². The first kappa shape index (κ1) is 25.9. The fourth-order valence-corrected chi connectivity index (χ4v) is 3.63. The van der Waals surface area contributed by atoms with Crippen molar-refractivity contribution >= 4 is 40.5 Å². The number of carboxylic acid groups (broad SMARTS) is 1. The zero-order valence-electron chi connectivity index (χ0n) is 18.8. The van der Waals surface area contributed by atoms with Crippen molar-refractivity contribution < 1.29 is 29.0 Å². The predicted octanol–water partition coefficient (Wildman–Crippen LogP) is 3.97. The third kappa shape index (κ3) is 9.78. The highest BCUT2D eigenvalue weighted by atomic mass is 32.2. The number of nitrogens with one attached hydrogen (secondary N) is 2. The highest BCUT2D eigenvalue weighted by Crippen LogP contribution is 2.19. The van der Waals surface area contributed by atoms with Gasteiger partial charge in [-0.25, -0.2) is 9.59 Å². The molecule has 8 nitrogen and oxygen atoms in total. The van der Waals surface area contributed by atoms with Gasteiger partial charge in [-0.2, -0.15) is 0 Å². The molecule has 0 saturated heterocycles. The van der Waals surface area contributed by atoms with Crippen LogP contribution >= 0.6 is 11.8 Å². The Morgan fingerprint density at radius 1 is 1.03 bits per heavy atom. The Balaban J connectivity index is 2.01.